The maximum atomic E-state index is 13.5. The third-order valence-electron chi connectivity index (χ3n) is 5.17. The highest BCUT2D eigenvalue weighted by Gasteiger charge is 2.41. The molecule has 1 unspecified atom stereocenters. The minimum atomic E-state index is -0.770. The zero-order valence-corrected chi connectivity index (χ0v) is 15.1. The van der Waals surface area contributed by atoms with E-state index in [1.54, 1.807) is 17.0 Å². The maximum absolute atomic E-state index is 13.5. The molecule has 2 amide bonds. The van der Waals surface area contributed by atoms with E-state index in [-0.39, 0.29) is 42.3 Å². The molecule has 0 aromatic heterocycles. The monoisotopic (exact) mass is 388 g/mol. The summed E-state index contributed by atoms with van der Waals surface area (Å²) in [5, 5.41) is 0. The molecular formula is C21H19F3N2O2. The third-order valence-corrected chi connectivity index (χ3v) is 5.17. The summed E-state index contributed by atoms with van der Waals surface area (Å²) in [6, 6.07) is 9.02. The number of rotatable bonds is 5. The topological polar surface area (TPSA) is 40.6 Å². The normalized spacial score (nSPS) is 19.2. The number of carbonyl (C=O) groups excluding carboxylic acids is 2. The first-order valence-corrected chi connectivity index (χ1v) is 9.22. The van der Waals surface area contributed by atoms with Gasteiger partial charge in [-0.05, 0) is 42.7 Å². The van der Waals surface area contributed by atoms with Gasteiger partial charge in [-0.3, -0.25) is 9.59 Å². The van der Waals surface area contributed by atoms with Crippen molar-refractivity contribution in [1.82, 2.24) is 4.90 Å². The summed E-state index contributed by atoms with van der Waals surface area (Å²) in [5.74, 6) is -2.94. The molecule has 7 heteroatoms. The highest BCUT2D eigenvalue weighted by Crippen LogP contribution is 2.33. The molecular weight excluding hydrogens is 369 g/mol. The van der Waals surface area contributed by atoms with Crippen molar-refractivity contribution in [3.63, 3.8) is 0 Å². The molecule has 4 rings (SSSR count). The summed E-state index contributed by atoms with van der Waals surface area (Å²) in [4.78, 5) is 28.5. The van der Waals surface area contributed by atoms with E-state index < -0.39 is 17.6 Å². The molecule has 2 aliphatic rings. The molecule has 1 saturated heterocycles. The van der Waals surface area contributed by atoms with Gasteiger partial charge in [0.05, 0.1) is 5.92 Å². The average Bonchev–Trinajstić information content (AvgIpc) is 3.41. The molecule has 4 nitrogen and oxygen atoms in total. The molecule has 1 atom stereocenters. The van der Waals surface area contributed by atoms with Crippen molar-refractivity contribution in [3.05, 3.63) is 65.5 Å². The zero-order chi connectivity index (χ0) is 19.8. The second-order valence-electron chi connectivity index (χ2n) is 7.36. The Labute approximate surface area is 160 Å². The van der Waals surface area contributed by atoms with Crippen LogP contribution in [0.3, 0.4) is 0 Å². The molecule has 0 N–H and O–H groups in total. The third kappa shape index (κ3) is 3.88. The highest BCUT2D eigenvalue weighted by atomic mass is 19.1. The van der Waals surface area contributed by atoms with E-state index in [9.17, 15) is 22.8 Å². The summed E-state index contributed by atoms with van der Waals surface area (Å²) < 4.78 is 40.1. The fourth-order valence-corrected chi connectivity index (χ4v) is 3.61. The van der Waals surface area contributed by atoms with Gasteiger partial charge >= 0.3 is 0 Å². The van der Waals surface area contributed by atoms with Crippen LogP contribution < -0.4 is 4.90 Å². The largest absolute Gasteiger partial charge is 0.335 e. The van der Waals surface area contributed by atoms with Gasteiger partial charge in [0.15, 0.2) is 0 Å². The Bertz CT molecular complexity index is 892. The van der Waals surface area contributed by atoms with Crippen LogP contribution in [0.2, 0.25) is 0 Å². The first-order chi connectivity index (χ1) is 13.4. The Morgan fingerprint density at radius 3 is 2.25 bits per heavy atom. The van der Waals surface area contributed by atoms with E-state index in [0.29, 0.717) is 6.54 Å². The molecule has 28 heavy (non-hydrogen) atoms. The van der Waals surface area contributed by atoms with Crippen molar-refractivity contribution in [2.24, 2.45) is 5.92 Å². The molecule has 1 aliphatic heterocycles. The van der Waals surface area contributed by atoms with E-state index in [4.69, 9.17) is 0 Å². The van der Waals surface area contributed by atoms with Crippen LogP contribution in [-0.4, -0.2) is 29.3 Å². The Morgan fingerprint density at radius 1 is 1.00 bits per heavy atom. The van der Waals surface area contributed by atoms with Gasteiger partial charge in [0.1, 0.15) is 17.5 Å². The van der Waals surface area contributed by atoms with Gasteiger partial charge in [0.2, 0.25) is 11.8 Å². The second kappa shape index (κ2) is 7.30. The zero-order valence-electron chi connectivity index (χ0n) is 15.1. The Kier molecular flexibility index (Phi) is 4.83. The smallest absolute Gasteiger partial charge is 0.228 e. The van der Waals surface area contributed by atoms with Crippen molar-refractivity contribution in [1.29, 1.82) is 0 Å². The van der Waals surface area contributed by atoms with Crippen LogP contribution >= 0.6 is 0 Å². The van der Waals surface area contributed by atoms with E-state index >= 15 is 0 Å². The van der Waals surface area contributed by atoms with Crippen LogP contribution in [0, 0.1) is 23.4 Å². The lowest BCUT2D eigenvalue weighted by molar-refractivity contribution is -0.137. The van der Waals surface area contributed by atoms with Crippen molar-refractivity contribution in [3.8, 4) is 0 Å². The second-order valence-corrected chi connectivity index (χ2v) is 7.36. The van der Waals surface area contributed by atoms with Gasteiger partial charge in [-0.25, -0.2) is 13.2 Å². The number of anilines is 1. The molecule has 0 radical (unpaired) electrons. The van der Waals surface area contributed by atoms with Gasteiger partial charge in [0, 0.05) is 37.3 Å². The lowest BCUT2D eigenvalue weighted by Gasteiger charge is -2.26. The first kappa shape index (κ1) is 18.5. The summed E-state index contributed by atoms with van der Waals surface area (Å²) in [5.41, 5.74) is 0.935. The number of nitrogens with zero attached hydrogens (tertiary/aromatic N) is 2. The van der Waals surface area contributed by atoms with Crippen LogP contribution in [0.1, 0.15) is 24.8 Å². The van der Waals surface area contributed by atoms with Crippen molar-refractivity contribution < 1.29 is 22.8 Å². The SMILES string of the molecule is O=C1CC(C(=O)N(Cc2ccc(F)cc2)C2CC2)CN1c1cc(F)cc(F)c1. The standard InChI is InChI=1S/C21H19F3N2O2/c22-15-3-1-13(2-4-15)11-26(18-5-6-18)21(28)14-7-20(27)25(12-14)19-9-16(23)8-17(24)10-19/h1-4,8-10,14,18H,5-7,11-12H2. The predicted molar refractivity (Wildman–Crippen MR) is 96.8 cm³/mol. The molecule has 0 bridgehead atoms. The lowest BCUT2D eigenvalue weighted by Crippen LogP contribution is -2.38. The van der Waals surface area contributed by atoms with Crippen LogP contribution in [0.25, 0.3) is 0 Å². The van der Waals surface area contributed by atoms with Crippen molar-refractivity contribution >= 4 is 17.5 Å². The summed E-state index contributed by atoms with van der Waals surface area (Å²) >= 11 is 0. The Hall–Kier alpha value is -2.83. The van der Waals surface area contributed by atoms with Crippen LogP contribution in [0.5, 0.6) is 0 Å². The van der Waals surface area contributed by atoms with Gasteiger partial charge in [-0.2, -0.15) is 0 Å². The highest BCUT2D eigenvalue weighted by molar-refractivity contribution is 6.00. The maximum Gasteiger partial charge on any atom is 0.228 e. The van der Waals surface area contributed by atoms with Gasteiger partial charge < -0.3 is 9.80 Å². The molecule has 0 spiro atoms. The summed E-state index contributed by atoms with van der Waals surface area (Å²) in [6.07, 6.45) is 1.79. The fourth-order valence-electron chi connectivity index (χ4n) is 3.61. The summed E-state index contributed by atoms with van der Waals surface area (Å²) in [6.45, 7) is 0.441. The van der Waals surface area contributed by atoms with Crippen LogP contribution in [0.15, 0.2) is 42.5 Å². The Balaban J connectivity index is 1.50. The summed E-state index contributed by atoms with van der Waals surface area (Å²) in [7, 11) is 0. The van der Waals surface area contributed by atoms with Crippen LogP contribution in [-0.2, 0) is 16.1 Å². The number of halogens is 3. The molecule has 1 saturated carbocycles. The Morgan fingerprint density at radius 2 is 1.64 bits per heavy atom. The van der Waals surface area contributed by atoms with E-state index in [1.165, 1.54) is 17.0 Å². The number of amides is 2. The molecule has 1 aliphatic carbocycles. The van der Waals surface area contributed by atoms with Gasteiger partial charge in [-0.1, -0.05) is 12.1 Å². The van der Waals surface area contributed by atoms with Crippen molar-refractivity contribution in [2.75, 3.05) is 11.4 Å². The van der Waals surface area contributed by atoms with E-state index in [2.05, 4.69) is 0 Å². The minimum Gasteiger partial charge on any atom is -0.335 e. The number of benzene rings is 2. The first-order valence-electron chi connectivity index (χ1n) is 9.22. The molecule has 2 aromatic carbocycles. The fraction of sp³-hybridized carbons (Fsp3) is 0.333. The number of hydrogen-bond donors (Lipinski definition) is 0. The predicted octanol–water partition coefficient (Wildman–Crippen LogP) is 3.65. The van der Waals surface area contributed by atoms with Gasteiger partial charge in [-0.15, -0.1) is 0 Å². The molecule has 146 valence electrons. The van der Waals surface area contributed by atoms with E-state index in [1.807, 2.05) is 0 Å². The van der Waals surface area contributed by atoms with E-state index in [0.717, 1.165) is 36.6 Å². The molecule has 2 aromatic rings. The number of hydrogen-bond acceptors (Lipinski definition) is 2. The quantitative estimate of drug-likeness (QED) is 0.785. The molecule has 2 fully saturated rings. The van der Waals surface area contributed by atoms with Crippen molar-refractivity contribution in [2.45, 2.75) is 31.8 Å². The molecule has 1 heterocycles. The number of carbonyl (C=O) groups is 2. The average molecular weight is 388 g/mol. The van der Waals surface area contributed by atoms with Crippen LogP contribution in [0.4, 0.5) is 18.9 Å². The lowest BCUT2D eigenvalue weighted by atomic mass is 10.1. The van der Waals surface area contributed by atoms with Gasteiger partial charge in [0.25, 0.3) is 0 Å². The minimum absolute atomic E-state index is 0.00357.